The van der Waals surface area contributed by atoms with Gasteiger partial charge in [-0.1, -0.05) is 12.1 Å². The first-order valence-corrected chi connectivity index (χ1v) is 8.16. The van der Waals surface area contributed by atoms with Gasteiger partial charge in [-0.05, 0) is 37.9 Å². The third-order valence-electron chi connectivity index (χ3n) is 4.92. The van der Waals surface area contributed by atoms with Crippen molar-refractivity contribution >= 4 is 29.3 Å². The first-order chi connectivity index (χ1) is 11.0. The summed E-state index contributed by atoms with van der Waals surface area (Å²) in [4.78, 5) is 26.8. The van der Waals surface area contributed by atoms with Gasteiger partial charge in [-0.2, -0.15) is 0 Å². The molecule has 2 aromatic rings. The molecule has 1 amide bonds. The third-order valence-corrected chi connectivity index (χ3v) is 4.92. The van der Waals surface area contributed by atoms with Gasteiger partial charge in [0.1, 0.15) is 0 Å². The molecule has 2 atom stereocenters. The summed E-state index contributed by atoms with van der Waals surface area (Å²) in [7, 11) is 1.76. The Kier molecular flexibility index (Phi) is 5.72. The van der Waals surface area contributed by atoms with E-state index in [1.807, 2.05) is 29.2 Å². The smallest absolute Gasteiger partial charge is 0.328 e. The van der Waals surface area contributed by atoms with Crippen molar-refractivity contribution in [1.29, 1.82) is 0 Å². The lowest BCUT2D eigenvalue weighted by Crippen LogP contribution is -2.35. The van der Waals surface area contributed by atoms with Crippen molar-refractivity contribution < 1.29 is 4.79 Å². The van der Waals surface area contributed by atoms with Crippen LogP contribution in [0.3, 0.4) is 0 Å². The van der Waals surface area contributed by atoms with Gasteiger partial charge in [-0.3, -0.25) is 13.9 Å². The van der Waals surface area contributed by atoms with Crippen LogP contribution in [0.25, 0.3) is 11.0 Å². The third kappa shape index (κ3) is 3.21. The number of carbonyl (C=O) groups is 1. The van der Waals surface area contributed by atoms with Gasteiger partial charge in [0, 0.05) is 32.6 Å². The standard InChI is InChI=1S/C17H24N4O2.ClH/c1-12-9-13(10-18)11-21(12)16(22)7-8-20-15-6-4-3-5-14(15)19(2)17(20)23;/h3-6,12-13H,7-11,18H2,1-2H3;1H. The number of hydrogen-bond donors (Lipinski definition) is 1. The van der Waals surface area contributed by atoms with Crippen LogP contribution in [0.1, 0.15) is 19.8 Å². The van der Waals surface area contributed by atoms with Crippen LogP contribution in [-0.4, -0.2) is 39.1 Å². The Morgan fingerprint density at radius 2 is 1.96 bits per heavy atom. The molecular formula is C17H25ClN4O2. The van der Waals surface area contributed by atoms with Crippen LogP contribution < -0.4 is 11.4 Å². The summed E-state index contributed by atoms with van der Waals surface area (Å²) >= 11 is 0. The fourth-order valence-corrected chi connectivity index (χ4v) is 3.59. The average molecular weight is 353 g/mol. The number of likely N-dealkylation sites (tertiary alicyclic amines) is 1. The molecule has 1 saturated heterocycles. The lowest BCUT2D eigenvalue weighted by atomic mass is 10.1. The molecule has 1 aromatic heterocycles. The van der Waals surface area contributed by atoms with Crippen LogP contribution in [-0.2, 0) is 18.4 Å². The summed E-state index contributed by atoms with van der Waals surface area (Å²) < 4.78 is 3.32. The molecule has 1 aromatic carbocycles. The lowest BCUT2D eigenvalue weighted by Gasteiger charge is -2.21. The number of carbonyl (C=O) groups excluding carboxylic acids is 1. The molecule has 0 bridgehead atoms. The van der Waals surface area contributed by atoms with Crippen molar-refractivity contribution in [3.05, 3.63) is 34.7 Å². The Morgan fingerprint density at radius 1 is 1.29 bits per heavy atom. The van der Waals surface area contributed by atoms with E-state index >= 15 is 0 Å². The largest absolute Gasteiger partial charge is 0.340 e. The van der Waals surface area contributed by atoms with Gasteiger partial charge in [-0.25, -0.2) is 4.79 Å². The monoisotopic (exact) mass is 352 g/mol. The van der Waals surface area contributed by atoms with E-state index in [0.29, 0.717) is 25.4 Å². The molecule has 0 radical (unpaired) electrons. The van der Waals surface area contributed by atoms with Crippen LogP contribution in [0.15, 0.2) is 29.1 Å². The van der Waals surface area contributed by atoms with Gasteiger partial charge in [0.25, 0.3) is 0 Å². The molecule has 2 heterocycles. The number of aromatic nitrogens is 2. The molecular weight excluding hydrogens is 328 g/mol. The normalized spacial score (nSPS) is 20.4. The molecule has 24 heavy (non-hydrogen) atoms. The molecule has 2 unspecified atom stereocenters. The van der Waals surface area contributed by atoms with E-state index in [2.05, 4.69) is 6.92 Å². The zero-order valence-electron chi connectivity index (χ0n) is 14.1. The van der Waals surface area contributed by atoms with Crippen LogP contribution in [0.4, 0.5) is 0 Å². The second-order valence-electron chi connectivity index (χ2n) is 6.46. The minimum Gasteiger partial charge on any atom is -0.340 e. The van der Waals surface area contributed by atoms with Crippen molar-refractivity contribution in [3.63, 3.8) is 0 Å². The molecule has 1 fully saturated rings. The Morgan fingerprint density at radius 3 is 2.58 bits per heavy atom. The van der Waals surface area contributed by atoms with Gasteiger partial charge in [-0.15, -0.1) is 12.4 Å². The van der Waals surface area contributed by atoms with Crippen molar-refractivity contribution in [3.8, 4) is 0 Å². The fourth-order valence-electron chi connectivity index (χ4n) is 3.59. The molecule has 2 N–H and O–H groups in total. The molecule has 0 aliphatic carbocycles. The number of aryl methyl sites for hydroxylation is 2. The number of rotatable bonds is 4. The van der Waals surface area contributed by atoms with Gasteiger partial charge >= 0.3 is 5.69 Å². The van der Waals surface area contributed by atoms with Crippen molar-refractivity contribution in [1.82, 2.24) is 14.0 Å². The topological polar surface area (TPSA) is 73.3 Å². The van der Waals surface area contributed by atoms with Crippen LogP contribution in [0.2, 0.25) is 0 Å². The molecule has 132 valence electrons. The number of hydrogen-bond acceptors (Lipinski definition) is 3. The predicted octanol–water partition coefficient (Wildman–Crippen LogP) is 1.35. The van der Waals surface area contributed by atoms with E-state index in [9.17, 15) is 9.59 Å². The lowest BCUT2D eigenvalue weighted by molar-refractivity contribution is -0.132. The van der Waals surface area contributed by atoms with Crippen molar-refractivity contribution in [2.24, 2.45) is 18.7 Å². The maximum absolute atomic E-state index is 12.5. The molecule has 1 aliphatic heterocycles. The maximum Gasteiger partial charge on any atom is 0.328 e. The number of para-hydroxylation sites is 2. The number of halogens is 1. The summed E-state index contributed by atoms with van der Waals surface area (Å²) in [6.07, 6.45) is 1.31. The van der Waals surface area contributed by atoms with Gasteiger partial charge in [0.05, 0.1) is 11.0 Å². The van der Waals surface area contributed by atoms with Crippen LogP contribution in [0.5, 0.6) is 0 Å². The molecule has 6 nitrogen and oxygen atoms in total. The zero-order chi connectivity index (χ0) is 16.6. The highest BCUT2D eigenvalue weighted by Crippen LogP contribution is 2.23. The summed E-state index contributed by atoms with van der Waals surface area (Å²) in [5.74, 6) is 0.502. The maximum atomic E-state index is 12.5. The van der Waals surface area contributed by atoms with Crippen molar-refractivity contribution in [2.45, 2.75) is 32.4 Å². The van der Waals surface area contributed by atoms with E-state index < -0.39 is 0 Å². The highest BCUT2D eigenvalue weighted by molar-refractivity contribution is 5.85. The van der Waals surface area contributed by atoms with Gasteiger partial charge in [0.2, 0.25) is 5.91 Å². The number of nitrogens with zero attached hydrogens (tertiary/aromatic N) is 3. The number of benzene rings is 1. The van der Waals surface area contributed by atoms with Crippen LogP contribution >= 0.6 is 12.4 Å². The minimum absolute atomic E-state index is 0. The van der Waals surface area contributed by atoms with Crippen LogP contribution in [0, 0.1) is 5.92 Å². The molecule has 7 heteroatoms. The Hall–Kier alpha value is -1.79. The Balaban J connectivity index is 0.00000208. The van der Waals surface area contributed by atoms with Gasteiger partial charge < -0.3 is 10.6 Å². The first-order valence-electron chi connectivity index (χ1n) is 8.16. The zero-order valence-corrected chi connectivity index (χ0v) is 15.0. The predicted molar refractivity (Wildman–Crippen MR) is 97.4 cm³/mol. The van der Waals surface area contributed by atoms with Gasteiger partial charge in [0.15, 0.2) is 0 Å². The minimum atomic E-state index is -0.0756. The van der Waals surface area contributed by atoms with E-state index in [1.165, 1.54) is 0 Å². The number of imidazole rings is 1. The quantitative estimate of drug-likeness (QED) is 0.902. The summed E-state index contributed by atoms with van der Waals surface area (Å²) in [5, 5.41) is 0. The molecule has 1 aliphatic rings. The van der Waals surface area contributed by atoms with E-state index in [-0.39, 0.29) is 30.0 Å². The van der Waals surface area contributed by atoms with E-state index in [4.69, 9.17) is 5.73 Å². The highest BCUT2D eigenvalue weighted by atomic mass is 35.5. The molecule has 0 saturated carbocycles. The number of amides is 1. The highest BCUT2D eigenvalue weighted by Gasteiger charge is 2.31. The second kappa shape index (κ2) is 7.40. The Bertz CT molecular complexity index is 782. The second-order valence-corrected chi connectivity index (χ2v) is 6.46. The molecule has 3 rings (SSSR count). The van der Waals surface area contributed by atoms with E-state index in [0.717, 1.165) is 24.0 Å². The van der Waals surface area contributed by atoms with Crippen molar-refractivity contribution in [2.75, 3.05) is 13.1 Å². The van der Waals surface area contributed by atoms with E-state index in [1.54, 1.807) is 16.2 Å². The molecule has 0 spiro atoms. The number of fused-ring (bicyclic) bond motifs is 1. The summed E-state index contributed by atoms with van der Waals surface area (Å²) in [6, 6.07) is 7.90. The fraction of sp³-hybridized carbons (Fsp3) is 0.529. The summed E-state index contributed by atoms with van der Waals surface area (Å²) in [5.41, 5.74) is 7.41. The average Bonchev–Trinajstić information content (AvgIpc) is 3.05. The first kappa shape index (κ1) is 18.5. The number of nitrogens with two attached hydrogens (primary N) is 1. The Labute approximate surface area is 147 Å². The SMILES string of the molecule is CC1CC(CN)CN1C(=O)CCn1c(=O)n(C)c2ccccc21.Cl. The summed E-state index contributed by atoms with van der Waals surface area (Å²) in [6.45, 7) is 3.84.